The quantitative estimate of drug-likeness (QED) is 0.729. The molecule has 1 aromatic rings. The maximum atomic E-state index is 5.74. The molecule has 0 heterocycles. The molecule has 2 N–H and O–H groups in total. The third-order valence-electron chi connectivity index (χ3n) is 2.48. The van der Waals surface area contributed by atoms with Crippen LogP contribution in [0.3, 0.4) is 0 Å². The lowest BCUT2D eigenvalue weighted by Crippen LogP contribution is -2.04. The molecule has 0 saturated carbocycles. The molecule has 0 saturated heterocycles. The Bertz CT molecular complexity index is 273. The van der Waals surface area contributed by atoms with Gasteiger partial charge in [-0.15, -0.1) is 0 Å². The zero-order chi connectivity index (χ0) is 10.4. The Labute approximate surface area is 86.1 Å². The lowest BCUT2D eigenvalue weighted by atomic mass is 10.1. The van der Waals surface area contributed by atoms with Crippen molar-refractivity contribution in [3.8, 4) is 5.75 Å². The number of para-hydroxylation sites is 2. The van der Waals surface area contributed by atoms with Gasteiger partial charge in [0.25, 0.3) is 0 Å². The molecular weight excluding hydrogens is 174 g/mol. The first-order valence-corrected chi connectivity index (χ1v) is 5.21. The number of benzene rings is 1. The molecule has 0 radical (unpaired) electrons. The van der Waals surface area contributed by atoms with Gasteiger partial charge < -0.3 is 10.5 Å². The van der Waals surface area contributed by atoms with Crippen molar-refractivity contribution in [1.29, 1.82) is 0 Å². The van der Waals surface area contributed by atoms with Crippen molar-refractivity contribution in [2.24, 2.45) is 5.92 Å². The molecule has 1 rings (SSSR count). The first kappa shape index (κ1) is 10.9. The van der Waals surface area contributed by atoms with E-state index in [2.05, 4.69) is 13.8 Å². The van der Waals surface area contributed by atoms with Crippen molar-refractivity contribution in [3.63, 3.8) is 0 Å². The van der Waals surface area contributed by atoms with Crippen molar-refractivity contribution in [1.82, 2.24) is 0 Å². The summed E-state index contributed by atoms with van der Waals surface area (Å²) < 4.78 is 5.58. The number of ether oxygens (including phenoxy) is 1. The second-order valence-electron chi connectivity index (χ2n) is 3.69. The summed E-state index contributed by atoms with van der Waals surface area (Å²) in [5, 5.41) is 0. The number of nitrogens with two attached hydrogens (primary N) is 1. The van der Waals surface area contributed by atoms with Crippen molar-refractivity contribution < 1.29 is 4.74 Å². The van der Waals surface area contributed by atoms with Gasteiger partial charge in [-0.25, -0.2) is 0 Å². The van der Waals surface area contributed by atoms with E-state index in [1.807, 2.05) is 24.3 Å². The lowest BCUT2D eigenvalue weighted by Gasteiger charge is -2.11. The number of hydrogen-bond donors (Lipinski definition) is 1. The number of nitrogen functional groups attached to an aromatic ring is 1. The molecule has 0 aromatic heterocycles. The molecular formula is C12H19NO. The summed E-state index contributed by atoms with van der Waals surface area (Å²) in [6, 6.07) is 7.62. The van der Waals surface area contributed by atoms with Gasteiger partial charge in [0.1, 0.15) is 5.75 Å². The number of rotatable bonds is 5. The highest BCUT2D eigenvalue weighted by Crippen LogP contribution is 2.20. The molecule has 0 fully saturated rings. The maximum absolute atomic E-state index is 5.74. The summed E-state index contributed by atoms with van der Waals surface area (Å²) in [6.07, 6.45) is 2.29. The second-order valence-corrected chi connectivity index (χ2v) is 3.69. The van der Waals surface area contributed by atoms with Gasteiger partial charge >= 0.3 is 0 Å². The molecule has 1 unspecified atom stereocenters. The van der Waals surface area contributed by atoms with Crippen LogP contribution in [0.4, 0.5) is 5.69 Å². The minimum absolute atomic E-state index is 0.719. The van der Waals surface area contributed by atoms with Crippen LogP contribution in [0.15, 0.2) is 24.3 Å². The van der Waals surface area contributed by atoms with Crippen LogP contribution >= 0.6 is 0 Å². The summed E-state index contributed by atoms with van der Waals surface area (Å²) >= 11 is 0. The normalized spacial score (nSPS) is 12.4. The topological polar surface area (TPSA) is 35.2 Å². The van der Waals surface area contributed by atoms with Crippen molar-refractivity contribution in [3.05, 3.63) is 24.3 Å². The number of hydrogen-bond acceptors (Lipinski definition) is 2. The SMILES string of the molecule is CCC(C)CCOc1ccccc1N. The van der Waals surface area contributed by atoms with Gasteiger partial charge in [0, 0.05) is 0 Å². The van der Waals surface area contributed by atoms with Crippen molar-refractivity contribution in [2.45, 2.75) is 26.7 Å². The fraction of sp³-hybridized carbons (Fsp3) is 0.500. The van der Waals surface area contributed by atoms with E-state index in [0.717, 1.165) is 30.4 Å². The third-order valence-corrected chi connectivity index (χ3v) is 2.48. The van der Waals surface area contributed by atoms with Crippen molar-refractivity contribution in [2.75, 3.05) is 12.3 Å². The van der Waals surface area contributed by atoms with Gasteiger partial charge in [-0.2, -0.15) is 0 Å². The molecule has 0 aliphatic rings. The Morgan fingerprint density at radius 3 is 2.71 bits per heavy atom. The highest BCUT2D eigenvalue weighted by Gasteiger charge is 2.01. The van der Waals surface area contributed by atoms with Gasteiger partial charge in [0.2, 0.25) is 0 Å². The summed E-state index contributed by atoms with van der Waals surface area (Å²) in [7, 11) is 0. The Morgan fingerprint density at radius 1 is 1.36 bits per heavy atom. The number of anilines is 1. The molecule has 1 aromatic carbocycles. The van der Waals surface area contributed by atoms with Crippen LogP contribution in [0.25, 0.3) is 0 Å². The standard InChI is InChI=1S/C12H19NO/c1-3-10(2)8-9-14-12-7-5-4-6-11(12)13/h4-7,10H,3,8-9,13H2,1-2H3. The second kappa shape index (κ2) is 5.53. The fourth-order valence-electron chi connectivity index (χ4n) is 1.19. The first-order valence-electron chi connectivity index (χ1n) is 5.21. The van der Waals surface area contributed by atoms with E-state index >= 15 is 0 Å². The monoisotopic (exact) mass is 193 g/mol. The Morgan fingerprint density at radius 2 is 2.07 bits per heavy atom. The minimum atomic E-state index is 0.719. The molecule has 0 amide bonds. The Hall–Kier alpha value is -1.18. The van der Waals surface area contributed by atoms with Gasteiger partial charge in [-0.3, -0.25) is 0 Å². The van der Waals surface area contributed by atoms with Gasteiger partial charge in [0.05, 0.1) is 12.3 Å². The fourth-order valence-corrected chi connectivity index (χ4v) is 1.19. The van der Waals surface area contributed by atoms with E-state index in [1.165, 1.54) is 6.42 Å². The van der Waals surface area contributed by atoms with Crippen LogP contribution in [0.2, 0.25) is 0 Å². The lowest BCUT2D eigenvalue weighted by molar-refractivity contribution is 0.283. The van der Waals surface area contributed by atoms with Crippen LogP contribution < -0.4 is 10.5 Å². The first-order chi connectivity index (χ1) is 6.74. The molecule has 0 aliphatic carbocycles. The molecule has 14 heavy (non-hydrogen) atoms. The maximum Gasteiger partial charge on any atom is 0.142 e. The van der Waals surface area contributed by atoms with Crippen LogP contribution in [0.5, 0.6) is 5.75 Å². The van der Waals surface area contributed by atoms with E-state index in [4.69, 9.17) is 10.5 Å². The average Bonchev–Trinajstić information content (AvgIpc) is 2.20. The highest BCUT2D eigenvalue weighted by atomic mass is 16.5. The van der Waals surface area contributed by atoms with E-state index in [0.29, 0.717) is 0 Å². The van der Waals surface area contributed by atoms with Gasteiger partial charge in [0.15, 0.2) is 0 Å². The Balaban J connectivity index is 2.35. The molecule has 0 bridgehead atoms. The van der Waals surface area contributed by atoms with Crippen LogP contribution in [-0.4, -0.2) is 6.61 Å². The third kappa shape index (κ3) is 3.29. The molecule has 2 heteroatoms. The molecule has 0 aliphatic heterocycles. The zero-order valence-electron chi connectivity index (χ0n) is 8.99. The van der Waals surface area contributed by atoms with Crippen LogP contribution in [-0.2, 0) is 0 Å². The summed E-state index contributed by atoms with van der Waals surface area (Å²) in [4.78, 5) is 0. The summed E-state index contributed by atoms with van der Waals surface area (Å²) in [5.74, 6) is 1.52. The van der Waals surface area contributed by atoms with Crippen LogP contribution in [0.1, 0.15) is 26.7 Å². The van der Waals surface area contributed by atoms with Crippen molar-refractivity contribution >= 4 is 5.69 Å². The van der Waals surface area contributed by atoms with Gasteiger partial charge in [-0.05, 0) is 24.5 Å². The Kier molecular flexibility index (Phi) is 4.30. The zero-order valence-corrected chi connectivity index (χ0v) is 8.99. The molecule has 1 atom stereocenters. The van der Waals surface area contributed by atoms with E-state index in [-0.39, 0.29) is 0 Å². The smallest absolute Gasteiger partial charge is 0.142 e. The predicted molar refractivity (Wildman–Crippen MR) is 60.4 cm³/mol. The molecule has 0 spiro atoms. The average molecular weight is 193 g/mol. The molecule has 2 nitrogen and oxygen atoms in total. The largest absolute Gasteiger partial charge is 0.491 e. The van der Waals surface area contributed by atoms with Crippen LogP contribution in [0, 0.1) is 5.92 Å². The van der Waals surface area contributed by atoms with E-state index < -0.39 is 0 Å². The van der Waals surface area contributed by atoms with Gasteiger partial charge in [-0.1, -0.05) is 32.4 Å². The minimum Gasteiger partial charge on any atom is -0.491 e. The highest BCUT2D eigenvalue weighted by molar-refractivity contribution is 5.51. The predicted octanol–water partition coefficient (Wildman–Crippen LogP) is 3.08. The van der Waals surface area contributed by atoms with E-state index in [1.54, 1.807) is 0 Å². The molecule has 78 valence electrons. The van der Waals surface area contributed by atoms with E-state index in [9.17, 15) is 0 Å². The summed E-state index contributed by atoms with van der Waals surface area (Å²) in [5.41, 5.74) is 6.46. The summed E-state index contributed by atoms with van der Waals surface area (Å²) in [6.45, 7) is 5.18.